The Morgan fingerprint density at radius 2 is 2.17 bits per heavy atom. The third kappa shape index (κ3) is 4.82. The van der Waals surface area contributed by atoms with Crippen molar-refractivity contribution in [2.75, 3.05) is 18.5 Å². The Kier molecular flexibility index (Phi) is 5.26. The fraction of sp³-hybridized carbons (Fsp3) is 0.364. The van der Waals surface area contributed by atoms with Crippen molar-refractivity contribution in [1.82, 2.24) is 0 Å². The Bertz CT molecular complexity index is 514. The largest absolute Gasteiger partial charge is 0.381 e. The number of amides is 1. The van der Waals surface area contributed by atoms with E-state index < -0.39 is 10.0 Å². The van der Waals surface area contributed by atoms with E-state index >= 15 is 0 Å². The highest BCUT2D eigenvalue weighted by molar-refractivity contribution is 7.89. The second-order valence-electron chi connectivity index (χ2n) is 3.57. The zero-order valence-electron chi connectivity index (χ0n) is 10.0. The first-order valence-corrected chi connectivity index (χ1v) is 6.98. The topological polar surface area (TPSA) is 98.5 Å². The molecule has 0 fully saturated rings. The van der Waals surface area contributed by atoms with Crippen molar-refractivity contribution in [1.29, 1.82) is 0 Å². The lowest BCUT2D eigenvalue weighted by Crippen LogP contribution is -2.16. The summed E-state index contributed by atoms with van der Waals surface area (Å²) in [5.74, 6) is -0.241. The lowest BCUT2D eigenvalue weighted by Gasteiger charge is -2.06. The molecule has 1 aromatic rings. The maximum atomic E-state index is 11.5. The molecule has 0 aliphatic carbocycles. The molecule has 6 nitrogen and oxygen atoms in total. The van der Waals surface area contributed by atoms with Crippen molar-refractivity contribution in [3.8, 4) is 0 Å². The monoisotopic (exact) mass is 272 g/mol. The van der Waals surface area contributed by atoms with E-state index in [1.807, 2.05) is 6.92 Å². The zero-order valence-corrected chi connectivity index (χ0v) is 10.9. The third-order valence-corrected chi connectivity index (χ3v) is 3.03. The van der Waals surface area contributed by atoms with Gasteiger partial charge in [0.25, 0.3) is 0 Å². The van der Waals surface area contributed by atoms with Gasteiger partial charge in [0, 0.05) is 12.3 Å². The second kappa shape index (κ2) is 6.48. The molecule has 0 saturated carbocycles. The molecule has 0 saturated heterocycles. The number of primary sulfonamides is 1. The molecule has 0 bridgehead atoms. The smallest absolute Gasteiger partial charge is 0.238 e. The van der Waals surface area contributed by atoms with Crippen LogP contribution in [-0.2, 0) is 19.6 Å². The number of nitrogens with one attached hydrogen (secondary N) is 1. The average molecular weight is 272 g/mol. The quantitative estimate of drug-likeness (QED) is 0.745. The van der Waals surface area contributed by atoms with Crippen LogP contribution in [0.4, 0.5) is 5.69 Å². The Morgan fingerprint density at radius 3 is 2.78 bits per heavy atom. The molecule has 0 aliphatic rings. The molecule has 3 N–H and O–H groups in total. The first kappa shape index (κ1) is 14.6. The lowest BCUT2D eigenvalue weighted by atomic mass is 10.3. The van der Waals surface area contributed by atoms with Crippen LogP contribution in [0.5, 0.6) is 0 Å². The van der Waals surface area contributed by atoms with Crippen LogP contribution < -0.4 is 10.5 Å². The van der Waals surface area contributed by atoms with Crippen molar-refractivity contribution in [2.24, 2.45) is 5.14 Å². The zero-order chi connectivity index (χ0) is 13.6. The van der Waals surface area contributed by atoms with Gasteiger partial charge in [-0.2, -0.15) is 0 Å². The van der Waals surface area contributed by atoms with Gasteiger partial charge in [-0.25, -0.2) is 13.6 Å². The molecule has 100 valence electrons. The van der Waals surface area contributed by atoms with E-state index in [4.69, 9.17) is 9.88 Å². The maximum absolute atomic E-state index is 11.5. The highest BCUT2D eigenvalue weighted by Crippen LogP contribution is 2.14. The van der Waals surface area contributed by atoms with Crippen LogP contribution >= 0.6 is 0 Å². The predicted octanol–water partition coefficient (Wildman–Crippen LogP) is 0.699. The fourth-order valence-corrected chi connectivity index (χ4v) is 1.84. The Balaban J connectivity index is 2.65. The minimum atomic E-state index is -3.76. The molecule has 0 spiro atoms. The summed E-state index contributed by atoms with van der Waals surface area (Å²) < 4.78 is 27.3. The van der Waals surface area contributed by atoms with E-state index in [9.17, 15) is 13.2 Å². The Labute approximate surface area is 106 Å². The molecule has 0 aromatic heterocycles. The van der Waals surface area contributed by atoms with E-state index in [1.165, 1.54) is 18.2 Å². The Morgan fingerprint density at radius 1 is 1.44 bits per heavy atom. The summed E-state index contributed by atoms with van der Waals surface area (Å²) >= 11 is 0. The summed E-state index contributed by atoms with van der Waals surface area (Å²) in [5.41, 5.74) is 0.392. The maximum Gasteiger partial charge on any atom is 0.238 e. The van der Waals surface area contributed by atoms with Crippen LogP contribution in [0.2, 0.25) is 0 Å². The summed E-state index contributed by atoms with van der Waals surface area (Å²) in [7, 11) is -3.76. The number of benzene rings is 1. The van der Waals surface area contributed by atoms with Gasteiger partial charge in [-0.05, 0) is 25.1 Å². The molecule has 0 radical (unpaired) electrons. The standard InChI is InChI=1S/C11H16N2O4S/c1-2-17-7-6-11(14)13-9-4-3-5-10(8-9)18(12,15)16/h3-5,8H,2,6-7H2,1H3,(H,13,14)(H2,12,15,16). The molecule has 7 heteroatoms. The van der Waals surface area contributed by atoms with Crippen molar-refractivity contribution < 1.29 is 17.9 Å². The van der Waals surface area contributed by atoms with Gasteiger partial charge in [-0.15, -0.1) is 0 Å². The minimum Gasteiger partial charge on any atom is -0.381 e. The van der Waals surface area contributed by atoms with Gasteiger partial charge >= 0.3 is 0 Å². The number of nitrogens with two attached hydrogens (primary N) is 1. The van der Waals surface area contributed by atoms with Gasteiger partial charge in [0.15, 0.2) is 0 Å². The van der Waals surface area contributed by atoms with Crippen LogP contribution in [0.25, 0.3) is 0 Å². The summed E-state index contributed by atoms with van der Waals surface area (Å²) in [6.45, 7) is 2.72. The Hall–Kier alpha value is -1.44. The molecular formula is C11H16N2O4S. The average Bonchev–Trinajstić information content (AvgIpc) is 2.28. The van der Waals surface area contributed by atoms with E-state index in [-0.39, 0.29) is 17.2 Å². The third-order valence-electron chi connectivity index (χ3n) is 2.12. The van der Waals surface area contributed by atoms with Crippen molar-refractivity contribution in [3.05, 3.63) is 24.3 Å². The predicted molar refractivity (Wildman–Crippen MR) is 67.6 cm³/mol. The normalized spacial score (nSPS) is 11.2. The molecule has 18 heavy (non-hydrogen) atoms. The first-order valence-electron chi connectivity index (χ1n) is 5.44. The van der Waals surface area contributed by atoms with E-state index in [2.05, 4.69) is 5.32 Å². The number of ether oxygens (including phenoxy) is 1. The number of carbonyl (C=O) groups excluding carboxylic acids is 1. The molecular weight excluding hydrogens is 256 g/mol. The van der Waals surface area contributed by atoms with Gasteiger partial charge in [0.1, 0.15) is 0 Å². The first-order chi connectivity index (χ1) is 8.43. The van der Waals surface area contributed by atoms with Crippen LogP contribution in [0, 0.1) is 0 Å². The second-order valence-corrected chi connectivity index (χ2v) is 5.13. The lowest BCUT2D eigenvalue weighted by molar-refractivity contribution is -0.117. The fourth-order valence-electron chi connectivity index (χ4n) is 1.28. The highest BCUT2D eigenvalue weighted by Gasteiger charge is 2.09. The van der Waals surface area contributed by atoms with Crippen LogP contribution in [0.15, 0.2) is 29.2 Å². The van der Waals surface area contributed by atoms with Gasteiger partial charge in [-0.3, -0.25) is 4.79 Å². The van der Waals surface area contributed by atoms with Crippen molar-refractivity contribution in [3.63, 3.8) is 0 Å². The molecule has 0 unspecified atom stereocenters. The molecule has 0 aliphatic heterocycles. The van der Waals surface area contributed by atoms with E-state index in [0.29, 0.717) is 18.9 Å². The summed E-state index contributed by atoms with van der Waals surface area (Å²) in [6, 6.07) is 5.78. The van der Waals surface area contributed by atoms with Gasteiger partial charge in [-0.1, -0.05) is 6.07 Å². The van der Waals surface area contributed by atoms with Crippen molar-refractivity contribution in [2.45, 2.75) is 18.2 Å². The van der Waals surface area contributed by atoms with E-state index in [0.717, 1.165) is 0 Å². The van der Waals surface area contributed by atoms with Gasteiger partial charge in [0.05, 0.1) is 17.9 Å². The summed E-state index contributed by atoms with van der Waals surface area (Å²) in [5, 5.41) is 7.57. The SMILES string of the molecule is CCOCCC(=O)Nc1cccc(S(N)(=O)=O)c1. The van der Waals surface area contributed by atoms with Crippen LogP contribution in [0.3, 0.4) is 0 Å². The number of carbonyl (C=O) groups is 1. The number of anilines is 1. The summed E-state index contributed by atoms with van der Waals surface area (Å²) in [4.78, 5) is 11.4. The van der Waals surface area contributed by atoms with Gasteiger partial charge < -0.3 is 10.1 Å². The molecule has 0 atom stereocenters. The number of rotatable bonds is 6. The molecule has 1 aromatic carbocycles. The molecule has 1 amide bonds. The summed E-state index contributed by atoms with van der Waals surface area (Å²) in [6.07, 6.45) is 0.216. The van der Waals surface area contributed by atoms with Crippen LogP contribution in [-0.4, -0.2) is 27.5 Å². The molecule has 0 heterocycles. The number of hydrogen-bond acceptors (Lipinski definition) is 4. The van der Waals surface area contributed by atoms with E-state index in [1.54, 1.807) is 6.07 Å². The van der Waals surface area contributed by atoms with Gasteiger partial charge in [0.2, 0.25) is 15.9 Å². The minimum absolute atomic E-state index is 0.0369. The number of sulfonamides is 1. The molecule has 1 rings (SSSR count). The number of hydrogen-bond donors (Lipinski definition) is 2. The van der Waals surface area contributed by atoms with Crippen molar-refractivity contribution >= 4 is 21.6 Å². The van der Waals surface area contributed by atoms with Crippen LogP contribution in [0.1, 0.15) is 13.3 Å². The highest BCUT2D eigenvalue weighted by atomic mass is 32.2.